The zero-order chi connectivity index (χ0) is 13.8. The van der Waals surface area contributed by atoms with E-state index < -0.39 is 0 Å². The molecular weight excluding hydrogens is 248 g/mol. The molecule has 1 fully saturated rings. The van der Waals surface area contributed by atoms with Crippen LogP contribution in [0, 0.1) is 11.3 Å². The molecule has 3 rings (SSSR count). The van der Waals surface area contributed by atoms with Gasteiger partial charge in [-0.2, -0.15) is 5.26 Å². The molecule has 0 saturated carbocycles. The highest BCUT2D eigenvalue weighted by molar-refractivity contribution is 5.75. The minimum Gasteiger partial charge on any atom is -0.327 e. The van der Waals surface area contributed by atoms with Gasteiger partial charge in [0.1, 0.15) is 5.82 Å². The summed E-state index contributed by atoms with van der Waals surface area (Å²) in [7, 11) is 0. The Bertz CT molecular complexity index is 617. The van der Waals surface area contributed by atoms with E-state index in [2.05, 4.69) is 26.6 Å². The van der Waals surface area contributed by atoms with Crippen molar-refractivity contribution in [1.29, 1.82) is 5.26 Å². The van der Waals surface area contributed by atoms with Crippen molar-refractivity contribution in [2.75, 3.05) is 19.6 Å². The molecule has 0 atom stereocenters. The summed E-state index contributed by atoms with van der Waals surface area (Å²) in [6.45, 7) is 4.60. The number of likely N-dealkylation sites (tertiary alicyclic amines) is 1. The number of benzene rings is 1. The second-order valence-electron chi connectivity index (χ2n) is 5.41. The van der Waals surface area contributed by atoms with Crippen molar-refractivity contribution in [2.45, 2.75) is 32.2 Å². The topological polar surface area (TPSA) is 44.9 Å². The van der Waals surface area contributed by atoms with Crippen molar-refractivity contribution in [3.05, 3.63) is 30.1 Å². The van der Waals surface area contributed by atoms with Crippen molar-refractivity contribution in [2.24, 2.45) is 0 Å². The van der Waals surface area contributed by atoms with Crippen LogP contribution in [0.3, 0.4) is 0 Å². The number of hydrogen-bond donors (Lipinski definition) is 0. The van der Waals surface area contributed by atoms with Crippen molar-refractivity contribution in [1.82, 2.24) is 14.5 Å². The highest BCUT2D eigenvalue weighted by atomic mass is 15.1. The van der Waals surface area contributed by atoms with Gasteiger partial charge in [-0.25, -0.2) is 4.98 Å². The highest BCUT2D eigenvalue weighted by Crippen LogP contribution is 2.17. The first-order valence-corrected chi connectivity index (χ1v) is 7.42. The molecule has 104 valence electrons. The Kier molecular flexibility index (Phi) is 3.98. The van der Waals surface area contributed by atoms with E-state index >= 15 is 0 Å². The molecule has 1 saturated heterocycles. The molecular formula is C16H20N4. The van der Waals surface area contributed by atoms with E-state index in [9.17, 15) is 0 Å². The molecule has 0 unspecified atom stereocenters. The van der Waals surface area contributed by atoms with Crippen LogP contribution < -0.4 is 0 Å². The number of nitrogens with zero attached hydrogens (tertiary/aromatic N) is 4. The van der Waals surface area contributed by atoms with E-state index in [1.807, 2.05) is 18.2 Å². The molecule has 0 N–H and O–H groups in total. The van der Waals surface area contributed by atoms with E-state index in [1.165, 1.54) is 25.9 Å². The van der Waals surface area contributed by atoms with Crippen LogP contribution in [0.15, 0.2) is 24.3 Å². The van der Waals surface area contributed by atoms with Gasteiger partial charge in [-0.1, -0.05) is 12.1 Å². The summed E-state index contributed by atoms with van der Waals surface area (Å²) in [4.78, 5) is 7.11. The molecule has 0 bridgehead atoms. The lowest BCUT2D eigenvalue weighted by Gasteiger charge is -2.15. The van der Waals surface area contributed by atoms with Gasteiger partial charge in [-0.3, -0.25) is 0 Å². The minimum absolute atomic E-state index is 0.387. The Hall–Kier alpha value is -1.86. The molecule has 0 amide bonds. The first-order valence-electron chi connectivity index (χ1n) is 7.42. The summed E-state index contributed by atoms with van der Waals surface area (Å²) < 4.78 is 2.22. The lowest BCUT2D eigenvalue weighted by atomic mass is 10.3. The van der Waals surface area contributed by atoms with E-state index in [0.29, 0.717) is 6.42 Å². The summed E-state index contributed by atoms with van der Waals surface area (Å²) in [6, 6.07) is 10.4. The summed E-state index contributed by atoms with van der Waals surface area (Å²) in [5.74, 6) is 0.898. The Morgan fingerprint density at radius 3 is 2.75 bits per heavy atom. The number of rotatable bonds is 5. The summed E-state index contributed by atoms with van der Waals surface area (Å²) in [5.41, 5.74) is 2.15. The van der Waals surface area contributed by atoms with Crippen LogP contribution in [0.4, 0.5) is 0 Å². The van der Waals surface area contributed by atoms with E-state index in [4.69, 9.17) is 5.26 Å². The van der Waals surface area contributed by atoms with Crippen LogP contribution in [0.1, 0.15) is 25.1 Å². The number of aryl methyl sites for hydroxylation is 1. The van der Waals surface area contributed by atoms with Gasteiger partial charge in [0.05, 0.1) is 23.5 Å². The summed E-state index contributed by atoms with van der Waals surface area (Å²) >= 11 is 0. The molecule has 4 nitrogen and oxygen atoms in total. The van der Waals surface area contributed by atoms with Crippen LogP contribution in [0.25, 0.3) is 11.0 Å². The fraction of sp³-hybridized carbons (Fsp3) is 0.500. The van der Waals surface area contributed by atoms with Crippen LogP contribution in [0.2, 0.25) is 0 Å². The zero-order valence-electron chi connectivity index (χ0n) is 11.8. The third-order valence-electron chi connectivity index (χ3n) is 4.03. The van der Waals surface area contributed by atoms with Crippen LogP contribution >= 0.6 is 0 Å². The van der Waals surface area contributed by atoms with E-state index in [0.717, 1.165) is 36.4 Å². The first-order chi connectivity index (χ1) is 9.88. The van der Waals surface area contributed by atoms with Crippen molar-refractivity contribution in [3.8, 4) is 6.07 Å². The number of hydrogen-bond acceptors (Lipinski definition) is 3. The van der Waals surface area contributed by atoms with Gasteiger partial charge < -0.3 is 9.47 Å². The molecule has 1 aromatic heterocycles. The Morgan fingerprint density at radius 2 is 1.95 bits per heavy atom. The second kappa shape index (κ2) is 6.06. The molecule has 4 heteroatoms. The van der Waals surface area contributed by atoms with Crippen LogP contribution in [-0.4, -0.2) is 34.1 Å². The first kappa shape index (κ1) is 13.1. The molecule has 2 aromatic rings. The van der Waals surface area contributed by atoms with Crippen molar-refractivity contribution in [3.63, 3.8) is 0 Å². The Balaban J connectivity index is 1.74. The molecule has 1 aromatic carbocycles. The maximum atomic E-state index is 8.96. The number of aromatic nitrogens is 2. The fourth-order valence-electron chi connectivity index (χ4n) is 3.04. The Morgan fingerprint density at radius 1 is 1.15 bits per heavy atom. The van der Waals surface area contributed by atoms with E-state index in [1.54, 1.807) is 0 Å². The maximum Gasteiger partial charge on any atom is 0.124 e. The lowest BCUT2D eigenvalue weighted by Crippen LogP contribution is -2.21. The quantitative estimate of drug-likeness (QED) is 0.837. The van der Waals surface area contributed by atoms with Crippen molar-refractivity contribution >= 4 is 11.0 Å². The van der Waals surface area contributed by atoms with Gasteiger partial charge in [0, 0.05) is 6.54 Å². The SMILES string of the molecule is N#CCc1nc2ccccc2n1CCCN1CCCC1. The van der Waals surface area contributed by atoms with Gasteiger partial charge in [0.2, 0.25) is 0 Å². The van der Waals surface area contributed by atoms with Crippen LogP contribution in [-0.2, 0) is 13.0 Å². The Labute approximate surface area is 119 Å². The number of para-hydroxylation sites is 2. The van der Waals surface area contributed by atoms with Crippen molar-refractivity contribution < 1.29 is 0 Å². The highest BCUT2D eigenvalue weighted by Gasteiger charge is 2.13. The summed E-state index contributed by atoms with van der Waals surface area (Å²) in [5, 5.41) is 8.96. The average Bonchev–Trinajstić information content (AvgIpc) is 3.08. The third-order valence-corrected chi connectivity index (χ3v) is 4.03. The van der Waals surface area contributed by atoms with Crippen LogP contribution in [0.5, 0.6) is 0 Å². The smallest absolute Gasteiger partial charge is 0.124 e. The van der Waals surface area contributed by atoms with Gasteiger partial charge in [0.25, 0.3) is 0 Å². The van der Waals surface area contributed by atoms with Gasteiger partial charge >= 0.3 is 0 Å². The lowest BCUT2D eigenvalue weighted by molar-refractivity contribution is 0.325. The molecule has 0 aliphatic carbocycles. The number of nitriles is 1. The monoisotopic (exact) mass is 268 g/mol. The maximum absolute atomic E-state index is 8.96. The van der Waals surface area contributed by atoms with Gasteiger partial charge in [-0.15, -0.1) is 0 Å². The molecule has 20 heavy (non-hydrogen) atoms. The molecule has 1 aliphatic heterocycles. The normalized spacial score (nSPS) is 15.8. The average molecular weight is 268 g/mol. The molecule has 1 aliphatic rings. The van der Waals surface area contributed by atoms with Gasteiger partial charge in [-0.05, 0) is 51.0 Å². The van der Waals surface area contributed by atoms with Gasteiger partial charge in [0.15, 0.2) is 0 Å². The number of fused-ring (bicyclic) bond motifs is 1. The second-order valence-corrected chi connectivity index (χ2v) is 5.41. The third kappa shape index (κ3) is 2.68. The fourth-order valence-corrected chi connectivity index (χ4v) is 3.04. The largest absolute Gasteiger partial charge is 0.327 e. The molecule has 0 spiro atoms. The predicted molar refractivity (Wildman–Crippen MR) is 79.3 cm³/mol. The molecule has 2 heterocycles. The predicted octanol–water partition coefficient (Wildman–Crippen LogP) is 2.59. The standard InChI is InChI=1S/C16H20N4/c17-9-8-16-18-14-6-1-2-7-15(14)20(16)13-5-12-19-10-3-4-11-19/h1-2,6-7H,3-5,8,10-13H2. The summed E-state index contributed by atoms with van der Waals surface area (Å²) in [6.07, 6.45) is 4.19. The number of imidazole rings is 1. The minimum atomic E-state index is 0.387. The van der Waals surface area contributed by atoms with E-state index in [-0.39, 0.29) is 0 Å². The molecule has 0 radical (unpaired) electrons. The zero-order valence-corrected chi connectivity index (χ0v) is 11.8.